The van der Waals surface area contributed by atoms with Crippen LogP contribution in [0.2, 0.25) is 0 Å². The zero-order valence-corrected chi connectivity index (χ0v) is 11.6. The molecule has 0 aliphatic carbocycles. The van der Waals surface area contributed by atoms with Crippen molar-refractivity contribution in [2.75, 3.05) is 32.8 Å². The van der Waals surface area contributed by atoms with Gasteiger partial charge in [0.15, 0.2) is 0 Å². The first-order valence-corrected chi connectivity index (χ1v) is 6.92. The van der Waals surface area contributed by atoms with Gasteiger partial charge in [-0.25, -0.2) is 4.79 Å². The Kier molecular flexibility index (Phi) is 7.25. The monoisotopic (exact) mass is 272 g/mol. The summed E-state index contributed by atoms with van der Waals surface area (Å²) in [5.41, 5.74) is 0. The van der Waals surface area contributed by atoms with Crippen molar-refractivity contribution in [3.8, 4) is 0 Å². The van der Waals surface area contributed by atoms with Gasteiger partial charge in [0.2, 0.25) is 0 Å². The molecule has 0 bridgehead atoms. The zero-order valence-electron chi connectivity index (χ0n) is 11.6. The van der Waals surface area contributed by atoms with Crippen LogP contribution in [0.25, 0.3) is 0 Å². The van der Waals surface area contributed by atoms with Crippen LogP contribution in [0.15, 0.2) is 0 Å². The van der Waals surface area contributed by atoms with Gasteiger partial charge in [-0.1, -0.05) is 6.92 Å². The Morgan fingerprint density at radius 3 is 2.84 bits per heavy atom. The Balaban J connectivity index is 2.13. The van der Waals surface area contributed by atoms with Gasteiger partial charge in [-0.05, 0) is 25.2 Å². The molecule has 0 spiro atoms. The van der Waals surface area contributed by atoms with Crippen molar-refractivity contribution in [2.45, 2.75) is 32.6 Å². The quantitative estimate of drug-likeness (QED) is 0.764. The standard InChI is InChI=1S/C13H24N2O4/c1-11(3-4-12(16)17)5-6-14-13(18)15-7-2-9-19-10-8-15/h11H,2-10H2,1H3,(H,14,18)(H,16,17). The normalized spacial score (nSPS) is 17.6. The Morgan fingerprint density at radius 2 is 2.11 bits per heavy atom. The fourth-order valence-electron chi connectivity index (χ4n) is 2.00. The number of carbonyl (C=O) groups is 2. The minimum absolute atomic E-state index is 0.0454. The summed E-state index contributed by atoms with van der Waals surface area (Å²) < 4.78 is 5.29. The van der Waals surface area contributed by atoms with Gasteiger partial charge in [-0.3, -0.25) is 4.79 Å². The van der Waals surface area contributed by atoms with Gasteiger partial charge in [0.05, 0.1) is 6.61 Å². The maximum absolute atomic E-state index is 11.9. The van der Waals surface area contributed by atoms with Crippen molar-refractivity contribution in [3.63, 3.8) is 0 Å². The number of nitrogens with zero attached hydrogens (tertiary/aromatic N) is 1. The van der Waals surface area contributed by atoms with Crippen molar-refractivity contribution >= 4 is 12.0 Å². The molecular formula is C13H24N2O4. The number of nitrogens with one attached hydrogen (secondary N) is 1. The number of hydrogen-bond acceptors (Lipinski definition) is 3. The molecule has 1 fully saturated rings. The van der Waals surface area contributed by atoms with E-state index in [0.717, 1.165) is 26.0 Å². The highest BCUT2D eigenvalue weighted by atomic mass is 16.5. The third-order valence-electron chi connectivity index (χ3n) is 3.27. The lowest BCUT2D eigenvalue weighted by atomic mass is 10.0. The number of carbonyl (C=O) groups excluding carboxylic acids is 1. The van der Waals surface area contributed by atoms with E-state index in [9.17, 15) is 9.59 Å². The summed E-state index contributed by atoms with van der Waals surface area (Å²) in [6, 6.07) is -0.0454. The van der Waals surface area contributed by atoms with E-state index in [-0.39, 0.29) is 12.5 Å². The number of rotatable bonds is 6. The third kappa shape index (κ3) is 7.00. The van der Waals surface area contributed by atoms with E-state index in [1.807, 2.05) is 6.92 Å². The smallest absolute Gasteiger partial charge is 0.317 e. The van der Waals surface area contributed by atoms with Gasteiger partial charge >= 0.3 is 12.0 Å². The van der Waals surface area contributed by atoms with Crippen LogP contribution in [0.4, 0.5) is 4.79 Å². The van der Waals surface area contributed by atoms with Gasteiger partial charge < -0.3 is 20.1 Å². The van der Waals surface area contributed by atoms with Crippen LogP contribution in [0.1, 0.15) is 32.6 Å². The molecule has 0 aromatic rings. The van der Waals surface area contributed by atoms with Gasteiger partial charge in [0.1, 0.15) is 0 Å². The molecule has 1 aliphatic rings. The van der Waals surface area contributed by atoms with E-state index < -0.39 is 5.97 Å². The Morgan fingerprint density at radius 1 is 1.32 bits per heavy atom. The lowest BCUT2D eigenvalue weighted by molar-refractivity contribution is -0.137. The molecule has 0 saturated carbocycles. The summed E-state index contributed by atoms with van der Waals surface area (Å²) in [5.74, 6) is -0.454. The van der Waals surface area contributed by atoms with Crippen molar-refractivity contribution in [1.82, 2.24) is 10.2 Å². The second kappa shape index (κ2) is 8.74. The number of aliphatic carboxylic acids is 1. The summed E-state index contributed by atoms with van der Waals surface area (Å²) >= 11 is 0. The van der Waals surface area contributed by atoms with E-state index in [4.69, 9.17) is 9.84 Å². The highest BCUT2D eigenvalue weighted by molar-refractivity contribution is 5.74. The van der Waals surface area contributed by atoms with E-state index in [0.29, 0.717) is 32.0 Å². The SMILES string of the molecule is CC(CCNC(=O)N1CCCOCC1)CCC(=O)O. The molecule has 2 N–H and O–H groups in total. The average molecular weight is 272 g/mol. The Bertz CT molecular complexity index is 288. The first-order chi connectivity index (χ1) is 9.09. The largest absolute Gasteiger partial charge is 0.481 e. The maximum Gasteiger partial charge on any atom is 0.317 e. The van der Waals surface area contributed by atoms with Crippen LogP contribution >= 0.6 is 0 Å². The molecule has 2 amide bonds. The number of urea groups is 1. The van der Waals surface area contributed by atoms with Gasteiger partial charge in [-0.2, -0.15) is 0 Å². The first kappa shape index (κ1) is 15.8. The van der Waals surface area contributed by atoms with E-state index in [1.54, 1.807) is 4.90 Å². The van der Waals surface area contributed by atoms with Gasteiger partial charge in [0.25, 0.3) is 0 Å². The lowest BCUT2D eigenvalue weighted by Crippen LogP contribution is -2.41. The highest BCUT2D eigenvalue weighted by Gasteiger charge is 2.15. The van der Waals surface area contributed by atoms with Crippen molar-refractivity contribution in [1.29, 1.82) is 0 Å². The van der Waals surface area contributed by atoms with Gasteiger partial charge in [0, 0.05) is 32.7 Å². The molecule has 0 radical (unpaired) electrons. The zero-order chi connectivity index (χ0) is 14.1. The maximum atomic E-state index is 11.9. The minimum atomic E-state index is -0.763. The predicted molar refractivity (Wildman–Crippen MR) is 71.1 cm³/mol. The Hall–Kier alpha value is -1.30. The molecule has 1 unspecified atom stereocenters. The third-order valence-corrected chi connectivity index (χ3v) is 3.27. The van der Waals surface area contributed by atoms with E-state index >= 15 is 0 Å². The molecule has 6 nitrogen and oxygen atoms in total. The van der Waals surface area contributed by atoms with Crippen molar-refractivity contribution in [3.05, 3.63) is 0 Å². The second-order valence-corrected chi connectivity index (χ2v) is 5.01. The molecule has 6 heteroatoms. The first-order valence-electron chi connectivity index (χ1n) is 6.92. The minimum Gasteiger partial charge on any atom is -0.481 e. The number of carboxylic acid groups (broad SMARTS) is 1. The van der Waals surface area contributed by atoms with Crippen LogP contribution in [0.5, 0.6) is 0 Å². The lowest BCUT2D eigenvalue weighted by Gasteiger charge is -2.20. The van der Waals surface area contributed by atoms with Crippen LogP contribution in [-0.4, -0.2) is 54.9 Å². The summed E-state index contributed by atoms with van der Waals surface area (Å²) in [5, 5.41) is 11.5. The molecule has 1 heterocycles. The molecule has 0 aromatic heterocycles. The van der Waals surface area contributed by atoms with Crippen molar-refractivity contribution < 1.29 is 19.4 Å². The average Bonchev–Trinajstić information content (AvgIpc) is 2.65. The second-order valence-electron chi connectivity index (χ2n) is 5.01. The fourth-order valence-corrected chi connectivity index (χ4v) is 2.00. The molecule has 110 valence electrons. The topological polar surface area (TPSA) is 78.9 Å². The molecule has 1 saturated heterocycles. The van der Waals surface area contributed by atoms with Crippen LogP contribution in [-0.2, 0) is 9.53 Å². The molecule has 19 heavy (non-hydrogen) atoms. The molecule has 1 rings (SSSR count). The highest BCUT2D eigenvalue weighted by Crippen LogP contribution is 2.09. The predicted octanol–water partition coefficient (Wildman–Crippen LogP) is 1.31. The Labute approximate surface area is 114 Å². The summed E-state index contributed by atoms with van der Waals surface area (Å²) in [6.07, 6.45) is 2.53. The van der Waals surface area contributed by atoms with E-state index in [2.05, 4.69) is 5.32 Å². The summed E-state index contributed by atoms with van der Waals surface area (Å²) in [7, 11) is 0. The summed E-state index contributed by atoms with van der Waals surface area (Å²) in [6.45, 7) is 5.30. The molecule has 1 atom stereocenters. The molecule has 0 aromatic carbocycles. The number of amides is 2. The van der Waals surface area contributed by atoms with Crippen molar-refractivity contribution in [2.24, 2.45) is 5.92 Å². The molecule has 1 aliphatic heterocycles. The van der Waals surface area contributed by atoms with Crippen LogP contribution < -0.4 is 5.32 Å². The van der Waals surface area contributed by atoms with Crippen LogP contribution in [0, 0.1) is 5.92 Å². The van der Waals surface area contributed by atoms with Gasteiger partial charge in [-0.15, -0.1) is 0 Å². The fraction of sp³-hybridized carbons (Fsp3) is 0.846. The van der Waals surface area contributed by atoms with E-state index in [1.165, 1.54) is 0 Å². The number of ether oxygens (including phenoxy) is 1. The molecular weight excluding hydrogens is 248 g/mol. The number of hydrogen-bond donors (Lipinski definition) is 2. The van der Waals surface area contributed by atoms with Crippen LogP contribution in [0.3, 0.4) is 0 Å². The summed E-state index contributed by atoms with van der Waals surface area (Å²) in [4.78, 5) is 24.1. The number of carboxylic acids is 1.